The van der Waals surface area contributed by atoms with Crippen molar-refractivity contribution in [1.29, 1.82) is 0 Å². The largest absolute Gasteiger partial charge is 0.415 e. The Morgan fingerprint density at radius 3 is 0.872 bits per heavy atom. The van der Waals surface area contributed by atoms with E-state index in [0.717, 1.165) is 67.2 Å². The number of piperazine rings is 3. The van der Waals surface area contributed by atoms with Crippen LogP contribution in [0.2, 0.25) is 15.1 Å². The highest BCUT2D eigenvalue weighted by Gasteiger charge is 2.46. The molecule has 6 atom stereocenters. The molecule has 6 aliphatic rings. The van der Waals surface area contributed by atoms with Crippen molar-refractivity contribution in [1.82, 2.24) is 73.0 Å². The fourth-order valence-electron chi connectivity index (χ4n) is 16.1. The molecule has 9 heterocycles. The molecular formula is C87H93Cl3N18O9. The van der Waals surface area contributed by atoms with Crippen LogP contribution in [0.15, 0.2) is 147 Å². The van der Waals surface area contributed by atoms with Gasteiger partial charge in [0.05, 0.1) is 131 Å². The van der Waals surface area contributed by atoms with E-state index in [9.17, 15) is 29.7 Å². The van der Waals surface area contributed by atoms with Gasteiger partial charge in [0.1, 0.15) is 16.8 Å². The zero-order valence-electron chi connectivity index (χ0n) is 67.3. The minimum atomic E-state index is -1.37. The van der Waals surface area contributed by atoms with Crippen molar-refractivity contribution in [3.63, 3.8) is 0 Å². The summed E-state index contributed by atoms with van der Waals surface area (Å²) in [6.07, 6.45) is 19.9. The fraction of sp³-hybridized carbons (Fsp3) is 0.379. The van der Waals surface area contributed by atoms with Crippen LogP contribution in [0.4, 0.5) is 14.4 Å². The monoisotopic (exact) mass is 1640 g/mol. The zero-order chi connectivity index (χ0) is 83.8. The van der Waals surface area contributed by atoms with Gasteiger partial charge in [-0.25, -0.2) is 49.1 Å². The summed E-state index contributed by atoms with van der Waals surface area (Å²) in [6.45, 7) is 42.6. The molecule has 0 saturated carbocycles. The van der Waals surface area contributed by atoms with E-state index in [4.69, 9.17) is 83.7 Å². The molecule has 0 bridgehead atoms. The number of nitrogens with zero attached hydrogens (tertiary/aromatic N) is 18. The van der Waals surface area contributed by atoms with Crippen LogP contribution in [-0.4, -0.2) is 202 Å². The predicted octanol–water partition coefficient (Wildman–Crippen LogP) is 14.2. The lowest BCUT2D eigenvalue weighted by atomic mass is 9.84. The van der Waals surface area contributed by atoms with Gasteiger partial charge in [-0.1, -0.05) is 71.2 Å². The summed E-state index contributed by atoms with van der Waals surface area (Å²) in [5.41, 5.74) is 7.00. The number of aromatic nitrogens is 9. The first-order valence-corrected chi connectivity index (χ1v) is 39.5. The summed E-state index contributed by atoms with van der Waals surface area (Å²) in [5.74, 6) is 0. The average Bonchev–Trinajstić information content (AvgIpc) is 1.62. The van der Waals surface area contributed by atoms with Gasteiger partial charge in [0.15, 0.2) is 0 Å². The van der Waals surface area contributed by atoms with E-state index in [1.165, 1.54) is 0 Å². The van der Waals surface area contributed by atoms with Crippen molar-refractivity contribution < 1.29 is 43.9 Å². The second-order valence-corrected chi connectivity index (χ2v) is 33.1. The van der Waals surface area contributed by atoms with Crippen molar-refractivity contribution in [3.8, 4) is 0 Å². The molecule has 0 spiro atoms. The molecule has 27 nitrogen and oxygen atoms in total. The smallest absolute Gasteiger partial charge is 0.379 e. The lowest BCUT2D eigenvalue weighted by Crippen LogP contribution is -2.51. The predicted molar refractivity (Wildman–Crippen MR) is 445 cm³/mol. The molecule has 3 aliphatic heterocycles. The summed E-state index contributed by atoms with van der Waals surface area (Å²) in [5, 5.41) is 37.7. The number of rotatable bonds is 12. The topological polar surface area (TPSA) is 264 Å². The van der Waals surface area contributed by atoms with Crippen LogP contribution < -0.4 is 0 Å². The number of ether oxygens (including phenoxy) is 3. The molecule has 30 heteroatoms. The molecule has 3 fully saturated rings. The standard InChI is InChI=1S/3C29H31ClN6O3/c3*1-28(2,31-4)39-27(37)36-13-11-35(12-14-36)26-21-9-8-20(30)16-22(21)23(15-19-7-6-10-33-25(19)26)29(3,38)24-17-32-18-34(24)5/h3*6-10,15-18,26,38H,11-14H2,1-3,5H3/t26-,29?;26-,29+;26-,29-/m000/s1. The van der Waals surface area contributed by atoms with Crippen LogP contribution in [0, 0.1) is 19.7 Å². The van der Waals surface area contributed by atoms with Crippen LogP contribution in [0.25, 0.3) is 49.5 Å². The molecule has 606 valence electrons. The Kier molecular flexibility index (Phi) is 24.0. The molecule has 1 unspecified atom stereocenters. The number of benzene rings is 3. The number of carbonyl (C=O) groups excluding carboxylic acids is 3. The fourth-order valence-corrected chi connectivity index (χ4v) is 16.6. The van der Waals surface area contributed by atoms with E-state index in [-0.39, 0.29) is 18.1 Å². The molecule has 6 aromatic heterocycles. The Morgan fingerprint density at radius 1 is 0.402 bits per heavy atom. The van der Waals surface area contributed by atoms with E-state index in [1.807, 2.05) is 144 Å². The number of aryl methyl sites for hydroxylation is 3. The molecule has 0 radical (unpaired) electrons. The maximum absolute atomic E-state index is 12.7. The van der Waals surface area contributed by atoms with Gasteiger partial charge >= 0.3 is 35.5 Å². The Bertz CT molecular complexity index is 4970. The van der Waals surface area contributed by atoms with Gasteiger partial charge in [-0.05, 0) is 160 Å². The Hall–Kier alpha value is -11.1. The summed E-state index contributed by atoms with van der Waals surface area (Å²) in [6, 6.07) is 28.2. The third-order valence-electron chi connectivity index (χ3n) is 22.2. The third kappa shape index (κ3) is 17.4. The number of amides is 3. The second-order valence-electron chi connectivity index (χ2n) is 31.7. The average molecular weight is 1640 g/mol. The summed E-state index contributed by atoms with van der Waals surface area (Å²) >= 11 is 19.6. The van der Waals surface area contributed by atoms with Crippen molar-refractivity contribution in [2.75, 3.05) is 78.5 Å². The van der Waals surface area contributed by atoms with Crippen LogP contribution in [-0.2, 0) is 52.2 Å². The lowest BCUT2D eigenvalue weighted by Gasteiger charge is -2.39. The first-order chi connectivity index (χ1) is 55.5. The Labute approximate surface area is 695 Å². The minimum Gasteiger partial charge on any atom is -0.379 e. The van der Waals surface area contributed by atoms with Crippen molar-refractivity contribution in [3.05, 3.63) is 281 Å². The molecule has 3 aliphatic carbocycles. The summed E-state index contributed by atoms with van der Waals surface area (Å²) in [7, 11) is 5.57. The number of aliphatic hydroxyl groups is 3. The Morgan fingerprint density at radius 2 is 0.650 bits per heavy atom. The number of hydrogen-bond acceptors (Lipinski definition) is 18. The maximum Gasteiger partial charge on any atom is 0.415 e. The second kappa shape index (κ2) is 33.5. The number of carbonyl (C=O) groups is 3. The van der Waals surface area contributed by atoms with Gasteiger partial charge in [0, 0.05) is 133 Å². The van der Waals surface area contributed by atoms with Crippen molar-refractivity contribution >= 4 is 88.0 Å². The van der Waals surface area contributed by atoms with E-state index in [2.05, 4.69) is 44.2 Å². The first-order valence-electron chi connectivity index (χ1n) is 38.3. The number of imidazole rings is 3. The van der Waals surface area contributed by atoms with Crippen LogP contribution >= 0.6 is 34.8 Å². The minimum absolute atomic E-state index is 0.234. The van der Waals surface area contributed by atoms with E-state index in [1.54, 1.807) is 133 Å². The van der Waals surface area contributed by atoms with Crippen LogP contribution in [0.3, 0.4) is 0 Å². The van der Waals surface area contributed by atoms with E-state index in [0.29, 0.717) is 127 Å². The van der Waals surface area contributed by atoms with Crippen LogP contribution in [0.5, 0.6) is 0 Å². The highest BCUT2D eigenvalue weighted by Crippen LogP contribution is 2.51. The lowest BCUT2D eigenvalue weighted by molar-refractivity contribution is 0.0228. The normalized spacial score (nSPS) is 19.2. The molecular weight excluding hydrogens is 1550 g/mol. The van der Waals surface area contributed by atoms with E-state index >= 15 is 0 Å². The molecule has 3 aromatic carbocycles. The van der Waals surface area contributed by atoms with E-state index < -0.39 is 52.3 Å². The van der Waals surface area contributed by atoms with Gasteiger partial charge in [-0.3, -0.25) is 44.2 Å². The molecule has 9 aromatic rings. The van der Waals surface area contributed by atoms with Gasteiger partial charge in [0.25, 0.3) is 0 Å². The first kappa shape index (κ1) is 83.8. The highest BCUT2D eigenvalue weighted by atomic mass is 35.5. The summed E-state index contributed by atoms with van der Waals surface area (Å²) < 4.78 is 21.6. The van der Waals surface area contributed by atoms with Gasteiger partial charge in [-0.2, -0.15) is 0 Å². The number of pyridine rings is 3. The zero-order valence-corrected chi connectivity index (χ0v) is 69.5. The van der Waals surface area contributed by atoms with Gasteiger partial charge < -0.3 is 57.9 Å². The Balaban J connectivity index is 0.000000152. The number of halogens is 3. The third-order valence-corrected chi connectivity index (χ3v) is 22.9. The number of fused-ring (bicyclic) bond motifs is 6. The molecule has 3 N–H and O–H groups in total. The molecule has 3 saturated heterocycles. The quantitative estimate of drug-likeness (QED) is 0.0758. The highest BCUT2D eigenvalue weighted by molar-refractivity contribution is 6.31. The SMILES string of the molecule is [C-]#[N+]C(C)(C)OC(=O)N1CCN([C@H]2c3ccc(Cl)cc3C(C(C)(O)c3cncn3C)=Cc3cccnc32)CC1.[C-]#[N+]C(C)(C)OC(=O)N1CCN([C@H]2c3ccc(Cl)cc3C([C@@](C)(O)c3cncn3C)=Cc3cccnc32)CC1.[C-]#[N+]C(C)(C)OC(=O)N1CCN([C@H]2c3ccc(Cl)cc3C([C@](C)(O)c3cncn3C)=Cc3cccnc32)CC1. The van der Waals surface area contributed by atoms with Crippen molar-refractivity contribution in [2.45, 2.75) is 114 Å². The molecule has 117 heavy (non-hydrogen) atoms. The van der Waals surface area contributed by atoms with Gasteiger partial charge in [0.2, 0.25) is 0 Å². The van der Waals surface area contributed by atoms with Crippen LogP contribution in [0.1, 0.15) is 165 Å². The molecule has 15 rings (SSSR count). The summed E-state index contributed by atoms with van der Waals surface area (Å²) in [4.78, 5) is 87.2. The van der Waals surface area contributed by atoms with Crippen molar-refractivity contribution in [2.24, 2.45) is 21.1 Å². The maximum atomic E-state index is 12.7. The number of hydrogen-bond donors (Lipinski definition) is 3. The van der Waals surface area contributed by atoms with Gasteiger partial charge in [-0.15, -0.1) is 0 Å². The molecule has 3 amide bonds.